The molecule has 122 valence electrons. The maximum atomic E-state index is 5.24. The van der Waals surface area contributed by atoms with E-state index in [0.717, 1.165) is 39.3 Å². The zero-order valence-corrected chi connectivity index (χ0v) is 13.9. The van der Waals surface area contributed by atoms with Crippen LogP contribution in [0.1, 0.15) is 17.0 Å². The summed E-state index contributed by atoms with van der Waals surface area (Å²) in [5.74, 6) is 1.71. The number of fused-ring (bicyclic) bond motifs is 1. The van der Waals surface area contributed by atoms with Crippen molar-refractivity contribution in [3.05, 3.63) is 95.8 Å². The minimum absolute atomic E-state index is 0.849. The van der Waals surface area contributed by atoms with Crippen molar-refractivity contribution < 1.29 is 4.74 Å². The summed E-state index contributed by atoms with van der Waals surface area (Å²) in [6.45, 7) is 0. The lowest BCUT2D eigenvalue weighted by molar-refractivity contribution is 0.415. The van der Waals surface area contributed by atoms with E-state index in [4.69, 9.17) is 9.72 Å². The maximum Gasteiger partial charge on any atom is 0.139 e. The largest absolute Gasteiger partial charge is 0.497 e. The van der Waals surface area contributed by atoms with Gasteiger partial charge >= 0.3 is 0 Å². The Morgan fingerprint density at radius 1 is 0.880 bits per heavy atom. The number of para-hydroxylation sites is 2. The number of hydrogen-bond donors (Lipinski definition) is 1. The molecule has 3 heteroatoms. The highest BCUT2D eigenvalue weighted by Gasteiger charge is 2.10. The highest BCUT2D eigenvalue weighted by Crippen LogP contribution is 2.26. The molecule has 0 spiro atoms. The Kier molecular flexibility index (Phi) is 4.05. The SMILES string of the molecule is COc1ccc(/C=C(/c2ccccc2)c2nc3ccccc3[nH]2)cc1. The molecular formula is C22H18N2O. The summed E-state index contributed by atoms with van der Waals surface area (Å²) < 4.78 is 5.24. The van der Waals surface area contributed by atoms with E-state index in [1.807, 2.05) is 66.7 Å². The minimum atomic E-state index is 0.849. The minimum Gasteiger partial charge on any atom is -0.497 e. The zero-order chi connectivity index (χ0) is 17.1. The third-order valence-electron chi connectivity index (χ3n) is 4.16. The number of ether oxygens (including phenoxy) is 1. The number of rotatable bonds is 4. The van der Waals surface area contributed by atoms with E-state index in [0.29, 0.717) is 0 Å². The van der Waals surface area contributed by atoms with Gasteiger partial charge < -0.3 is 9.72 Å². The molecule has 1 heterocycles. The number of hydrogen-bond acceptors (Lipinski definition) is 2. The number of aromatic amines is 1. The van der Waals surface area contributed by atoms with E-state index in [1.165, 1.54) is 0 Å². The van der Waals surface area contributed by atoms with Crippen LogP contribution in [0, 0.1) is 0 Å². The Morgan fingerprint density at radius 3 is 2.32 bits per heavy atom. The van der Waals surface area contributed by atoms with Gasteiger partial charge in [0.2, 0.25) is 0 Å². The Hall–Kier alpha value is -3.33. The van der Waals surface area contributed by atoms with Crippen LogP contribution < -0.4 is 4.74 Å². The highest BCUT2D eigenvalue weighted by molar-refractivity contribution is 5.91. The molecule has 0 bridgehead atoms. The molecule has 1 aromatic heterocycles. The number of methoxy groups -OCH3 is 1. The molecule has 0 saturated heterocycles. The summed E-state index contributed by atoms with van der Waals surface area (Å²) >= 11 is 0. The first-order valence-electron chi connectivity index (χ1n) is 8.20. The van der Waals surface area contributed by atoms with Gasteiger partial charge in [-0.1, -0.05) is 54.6 Å². The number of benzene rings is 3. The van der Waals surface area contributed by atoms with Gasteiger partial charge in [-0.25, -0.2) is 4.98 Å². The molecule has 0 fully saturated rings. The van der Waals surface area contributed by atoms with Crippen molar-refractivity contribution in [2.75, 3.05) is 7.11 Å². The third kappa shape index (κ3) is 3.17. The molecule has 4 rings (SSSR count). The second-order valence-corrected chi connectivity index (χ2v) is 5.80. The summed E-state index contributed by atoms with van der Waals surface area (Å²) in [6, 6.07) is 26.4. The highest BCUT2D eigenvalue weighted by atomic mass is 16.5. The molecule has 0 unspecified atom stereocenters. The number of nitrogens with zero attached hydrogens (tertiary/aromatic N) is 1. The molecule has 3 aromatic carbocycles. The van der Waals surface area contributed by atoms with Crippen molar-refractivity contribution in [3.63, 3.8) is 0 Å². The summed E-state index contributed by atoms with van der Waals surface area (Å²) in [5, 5.41) is 0. The fourth-order valence-corrected chi connectivity index (χ4v) is 2.85. The van der Waals surface area contributed by atoms with Crippen LogP contribution in [0.4, 0.5) is 0 Å². The van der Waals surface area contributed by atoms with Gasteiger partial charge in [-0.2, -0.15) is 0 Å². The molecule has 0 aliphatic heterocycles. The molecule has 4 aromatic rings. The Balaban J connectivity index is 1.85. The van der Waals surface area contributed by atoms with Gasteiger partial charge in [0, 0.05) is 5.57 Å². The second kappa shape index (κ2) is 6.65. The van der Waals surface area contributed by atoms with Gasteiger partial charge in [-0.15, -0.1) is 0 Å². The first-order valence-corrected chi connectivity index (χ1v) is 8.20. The van der Waals surface area contributed by atoms with Gasteiger partial charge in [0.05, 0.1) is 18.1 Å². The maximum absolute atomic E-state index is 5.24. The first-order chi connectivity index (χ1) is 12.3. The van der Waals surface area contributed by atoms with Crippen LogP contribution in [0.5, 0.6) is 5.75 Å². The van der Waals surface area contributed by atoms with Crippen molar-refractivity contribution in [2.45, 2.75) is 0 Å². The van der Waals surface area contributed by atoms with Gasteiger partial charge in [0.15, 0.2) is 0 Å². The van der Waals surface area contributed by atoms with Gasteiger partial charge in [-0.05, 0) is 41.5 Å². The van der Waals surface area contributed by atoms with E-state index in [-0.39, 0.29) is 0 Å². The van der Waals surface area contributed by atoms with Crippen LogP contribution >= 0.6 is 0 Å². The smallest absolute Gasteiger partial charge is 0.139 e. The van der Waals surface area contributed by atoms with Crippen molar-refractivity contribution in [1.82, 2.24) is 9.97 Å². The zero-order valence-electron chi connectivity index (χ0n) is 13.9. The van der Waals surface area contributed by atoms with Gasteiger partial charge in [0.25, 0.3) is 0 Å². The van der Waals surface area contributed by atoms with Crippen LogP contribution in [0.2, 0.25) is 0 Å². The molecule has 0 aliphatic carbocycles. The van der Waals surface area contributed by atoms with Gasteiger partial charge in [-0.3, -0.25) is 0 Å². The molecular weight excluding hydrogens is 308 g/mol. The van der Waals surface area contributed by atoms with E-state index >= 15 is 0 Å². The van der Waals surface area contributed by atoms with E-state index < -0.39 is 0 Å². The van der Waals surface area contributed by atoms with Crippen LogP contribution in [-0.4, -0.2) is 17.1 Å². The lowest BCUT2D eigenvalue weighted by atomic mass is 10.0. The van der Waals surface area contributed by atoms with Crippen molar-refractivity contribution in [1.29, 1.82) is 0 Å². The number of imidazole rings is 1. The first kappa shape index (κ1) is 15.2. The molecule has 0 aliphatic rings. The van der Waals surface area contributed by atoms with Crippen molar-refractivity contribution in [2.24, 2.45) is 0 Å². The molecule has 0 amide bonds. The normalized spacial score (nSPS) is 11.6. The second-order valence-electron chi connectivity index (χ2n) is 5.80. The predicted octanol–water partition coefficient (Wildman–Crippen LogP) is 5.16. The summed E-state index contributed by atoms with van der Waals surface area (Å²) in [7, 11) is 1.68. The number of nitrogens with one attached hydrogen (secondary N) is 1. The van der Waals surface area contributed by atoms with E-state index in [2.05, 4.69) is 23.2 Å². The quantitative estimate of drug-likeness (QED) is 0.526. The fraction of sp³-hybridized carbons (Fsp3) is 0.0455. The molecule has 25 heavy (non-hydrogen) atoms. The van der Waals surface area contributed by atoms with E-state index in [1.54, 1.807) is 7.11 Å². The topological polar surface area (TPSA) is 37.9 Å². The predicted molar refractivity (Wildman–Crippen MR) is 103 cm³/mol. The Morgan fingerprint density at radius 2 is 1.60 bits per heavy atom. The monoisotopic (exact) mass is 326 g/mol. The number of aromatic nitrogens is 2. The molecule has 1 N–H and O–H groups in total. The average molecular weight is 326 g/mol. The van der Waals surface area contributed by atoms with Gasteiger partial charge in [0.1, 0.15) is 11.6 Å². The molecule has 3 nitrogen and oxygen atoms in total. The summed E-state index contributed by atoms with van der Waals surface area (Å²) in [6.07, 6.45) is 2.15. The van der Waals surface area contributed by atoms with Crippen molar-refractivity contribution in [3.8, 4) is 5.75 Å². The van der Waals surface area contributed by atoms with Crippen LogP contribution in [0.25, 0.3) is 22.7 Å². The van der Waals surface area contributed by atoms with Crippen LogP contribution in [0.3, 0.4) is 0 Å². The number of H-pyrrole nitrogens is 1. The third-order valence-corrected chi connectivity index (χ3v) is 4.16. The lowest BCUT2D eigenvalue weighted by Crippen LogP contribution is -1.91. The van der Waals surface area contributed by atoms with Crippen LogP contribution in [0.15, 0.2) is 78.9 Å². The Labute approximate surface area is 146 Å². The molecule has 0 saturated carbocycles. The molecule has 0 atom stereocenters. The van der Waals surface area contributed by atoms with E-state index in [9.17, 15) is 0 Å². The lowest BCUT2D eigenvalue weighted by Gasteiger charge is -2.06. The van der Waals surface area contributed by atoms with Crippen molar-refractivity contribution >= 4 is 22.7 Å². The fourth-order valence-electron chi connectivity index (χ4n) is 2.85. The summed E-state index contributed by atoms with van der Waals surface area (Å²) in [5.41, 5.74) is 5.28. The average Bonchev–Trinajstić information content (AvgIpc) is 3.11. The molecule has 0 radical (unpaired) electrons. The summed E-state index contributed by atoms with van der Waals surface area (Å²) in [4.78, 5) is 8.20. The van der Waals surface area contributed by atoms with Crippen LogP contribution in [-0.2, 0) is 0 Å². The Bertz CT molecular complexity index is 982. The standard InChI is InChI=1S/C22H18N2O/c1-25-18-13-11-16(12-14-18)15-19(17-7-3-2-4-8-17)22-23-20-9-5-6-10-21(20)24-22/h2-15H,1H3,(H,23,24)/b19-15-.